The molecule has 0 amide bonds. The fourth-order valence-corrected chi connectivity index (χ4v) is 11.4. The molecule has 1 aliphatic carbocycles. The van der Waals surface area contributed by atoms with E-state index in [9.17, 15) is 9.59 Å². The first kappa shape index (κ1) is 42.2. The number of ketones is 2. The smallest absolute Gasteiger partial charge is 0.343 e. The summed E-state index contributed by atoms with van der Waals surface area (Å²) in [5.41, 5.74) is 4.91. The van der Waals surface area contributed by atoms with Crippen molar-refractivity contribution in [3.05, 3.63) is 57.6 Å². The quantitative estimate of drug-likeness (QED) is 0.186. The fraction of sp³-hybridized carbons (Fsp3) is 0.647. The van der Waals surface area contributed by atoms with E-state index in [4.69, 9.17) is 19.5 Å². The fourth-order valence-electron chi connectivity index (χ4n) is 11.4. The van der Waals surface area contributed by atoms with Crippen molar-refractivity contribution in [3.8, 4) is 11.5 Å². The number of nitrogens with zero attached hydrogens (tertiary/aromatic N) is 8. The highest BCUT2D eigenvalue weighted by Gasteiger charge is 2.77. The van der Waals surface area contributed by atoms with Crippen LogP contribution in [0.1, 0.15) is 162 Å². The first-order chi connectivity index (χ1) is 30.3. The molecule has 2 aromatic carbocycles. The Morgan fingerprint density at radius 1 is 0.619 bits per heavy atom. The maximum atomic E-state index is 14.7. The van der Waals surface area contributed by atoms with E-state index in [1.165, 1.54) is 0 Å². The van der Waals surface area contributed by atoms with Crippen molar-refractivity contribution in [2.75, 3.05) is 65.4 Å². The van der Waals surface area contributed by atoms with Crippen LogP contribution in [0.4, 0.5) is 0 Å². The van der Waals surface area contributed by atoms with Crippen molar-refractivity contribution in [1.29, 1.82) is 0 Å². The molecular formula is C51H70N8O4+2. The van der Waals surface area contributed by atoms with Crippen molar-refractivity contribution in [2.45, 2.75) is 148 Å². The van der Waals surface area contributed by atoms with Gasteiger partial charge in [0, 0.05) is 91.1 Å². The molecule has 3 saturated heterocycles. The summed E-state index contributed by atoms with van der Waals surface area (Å²) in [5, 5.41) is 0. The van der Waals surface area contributed by atoms with Gasteiger partial charge < -0.3 is 29.1 Å². The summed E-state index contributed by atoms with van der Waals surface area (Å²) in [6.07, 6.45) is 15.5. The first-order valence-electron chi connectivity index (χ1n) is 24.5. The number of aliphatic imine (C=N–C) groups is 2. The zero-order chi connectivity index (χ0) is 43.7. The lowest BCUT2D eigenvalue weighted by Gasteiger charge is -2.41. The normalized spacial score (nSPS) is 25.0. The molecule has 2 atom stereocenters. The highest BCUT2D eigenvalue weighted by molar-refractivity contribution is 6.03. The van der Waals surface area contributed by atoms with Gasteiger partial charge >= 0.3 is 6.03 Å². The summed E-state index contributed by atoms with van der Waals surface area (Å²) in [6.45, 7) is 22.9. The van der Waals surface area contributed by atoms with Crippen LogP contribution in [0, 0.1) is 0 Å². The summed E-state index contributed by atoms with van der Waals surface area (Å²) >= 11 is 0. The number of hydrogen-bond acceptors (Lipinski definition) is 10. The second-order valence-electron chi connectivity index (χ2n) is 21.4. The van der Waals surface area contributed by atoms with Crippen LogP contribution in [0.25, 0.3) is 0 Å². The molecule has 63 heavy (non-hydrogen) atoms. The van der Waals surface area contributed by atoms with Crippen molar-refractivity contribution in [2.24, 2.45) is 9.98 Å². The molecule has 4 fully saturated rings. The number of benzene rings is 2. The Bertz CT molecular complexity index is 2140. The Kier molecular flexibility index (Phi) is 11.0. The summed E-state index contributed by atoms with van der Waals surface area (Å²) in [4.78, 5) is 48.8. The summed E-state index contributed by atoms with van der Waals surface area (Å²) in [5.74, 6) is 3.53. The van der Waals surface area contributed by atoms with Crippen molar-refractivity contribution < 1.29 is 28.2 Å². The zero-order valence-electron chi connectivity index (χ0n) is 38.9. The van der Waals surface area contributed by atoms with Crippen LogP contribution < -0.4 is 9.47 Å². The van der Waals surface area contributed by atoms with Gasteiger partial charge in [-0.05, 0) is 97.6 Å². The SMILES string of the molecule is CC(C)(C)c1cc2c(c(C(=O)CCCN3CCCN4CCCN=C43)c1)OC13Oc4c(cc(C(C)(C)C)cc4C(=O)CCCN4CCCN5CCCN=C54)C=[N+]1C1CCCCC1[N+]3=C2. The van der Waals surface area contributed by atoms with Gasteiger partial charge in [-0.2, -0.15) is 0 Å². The molecule has 0 N–H and O–H groups in total. The second-order valence-corrected chi connectivity index (χ2v) is 21.4. The van der Waals surface area contributed by atoms with Crippen LogP contribution in [0.15, 0.2) is 34.3 Å². The van der Waals surface area contributed by atoms with Crippen molar-refractivity contribution >= 4 is 35.9 Å². The lowest BCUT2D eigenvalue weighted by atomic mass is 9.83. The Labute approximate surface area is 374 Å². The monoisotopic (exact) mass is 859 g/mol. The van der Waals surface area contributed by atoms with Crippen LogP contribution >= 0.6 is 0 Å². The molecule has 8 aliphatic rings. The van der Waals surface area contributed by atoms with Crippen molar-refractivity contribution in [1.82, 2.24) is 19.6 Å². The average molecular weight is 859 g/mol. The molecule has 12 nitrogen and oxygen atoms in total. The lowest BCUT2D eigenvalue weighted by molar-refractivity contribution is -0.866. The molecule has 7 aliphatic heterocycles. The molecule has 2 aromatic rings. The van der Waals surface area contributed by atoms with Gasteiger partial charge in [0.1, 0.15) is 0 Å². The molecule has 10 rings (SSSR count). The second kappa shape index (κ2) is 16.4. The van der Waals surface area contributed by atoms with Gasteiger partial charge in [0.25, 0.3) is 0 Å². The number of fused-ring (bicyclic) bond motifs is 7. The van der Waals surface area contributed by atoms with E-state index < -0.39 is 6.03 Å². The summed E-state index contributed by atoms with van der Waals surface area (Å²) in [6, 6.07) is 7.51. The maximum Gasteiger partial charge on any atom is 0.704 e. The van der Waals surface area contributed by atoms with E-state index in [1.807, 2.05) is 0 Å². The Balaban J connectivity index is 0.988. The summed E-state index contributed by atoms with van der Waals surface area (Å²) in [7, 11) is 0. The van der Waals surface area contributed by atoms with Gasteiger partial charge in [-0.15, -0.1) is 0 Å². The van der Waals surface area contributed by atoms with E-state index in [-0.39, 0.29) is 34.5 Å². The predicted octanol–water partition coefficient (Wildman–Crippen LogP) is 7.03. The number of carbonyl (C=O) groups is 2. The van der Waals surface area contributed by atoms with E-state index in [0.717, 1.165) is 164 Å². The maximum absolute atomic E-state index is 14.7. The minimum Gasteiger partial charge on any atom is -0.343 e. The van der Waals surface area contributed by atoms with Gasteiger partial charge in [0.15, 0.2) is 47.4 Å². The predicted molar refractivity (Wildman–Crippen MR) is 248 cm³/mol. The Morgan fingerprint density at radius 2 is 1.05 bits per heavy atom. The molecule has 2 unspecified atom stereocenters. The number of carbonyl (C=O) groups excluding carboxylic acids is 2. The average Bonchev–Trinajstić information content (AvgIpc) is 3.54. The van der Waals surface area contributed by atoms with Crippen LogP contribution in [0.3, 0.4) is 0 Å². The molecule has 336 valence electrons. The molecule has 1 spiro atoms. The van der Waals surface area contributed by atoms with Gasteiger partial charge in [-0.1, -0.05) is 50.7 Å². The van der Waals surface area contributed by atoms with Crippen LogP contribution in [-0.2, 0) is 10.8 Å². The summed E-state index contributed by atoms with van der Waals surface area (Å²) < 4.78 is 19.4. The van der Waals surface area contributed by atoms with Crippen molar-refractivity contribution in [3.63, 3.8) is 0 Å². The standard InChI is InChI=1S/C51H70N8O4/c1-49(2,3)37-29-35-33-58-41-15-7-8-16-42(41)59-34-36-30-38(50(4,5)6)32-40(44(61)18-10-22-55-26-14-28-57-24-12-20-53-48(55)57)46(36)63-51(58,59)62-45(35)39(31-37)43(60)17-9-21-54-25-13-27-56-23-11-19-52-47(54)56/h29-34,41-42H,7-28H2,1-6H3/q+2. The molecule has 7 heterocycles. The zero-order valence-corrected chi connectivity index (χ0v) is 38.9. The minimum absolute atomic E-state index is 0.0823. The highest BCUT2D eigenvalue weighted by Crippen LogP contribution is 2.48. The lowest BCUT2D eigenvalue weighted by Crippen LogP contribution is -2.60. The molecular weight excluding hydrogens is 789 g/mol. The van der Waals surface area contributed by atoms with Gasteiger partial charge in [0.2, 0.25) is 12.1 Å². The highest BCUT2D eigenvalue weighted by atomic mass is 16.7. The molecule has 1 saturated carbocycles. The number of Topliss-reactive ketones (excluding diaryl/α,β-unsaturated/α-hetero) is 2. The van der Waals surface area contributed by atoms with E-state index in [2.05, 4.69) is 107 Å². The van der Waals surface area contributed by atoms with Crippen LogP contribution in [-0.4, -0.2) is 148 Å². The number of ether oxygens (including phenoxy) is 2. The van der Waals surface area contributed by atoms with Gasteiger partial charge in [0.05, 0.1) is 22.3 Å². The Morgan fingerprint density at radius 3 is 1.48 bits per heavy atom. The number of guanidine groups is 2. The van der Waals surface area contributed by atoms with E-state index in [0.29, 0.717) is 35.5 Å². The molecule has 0 bridgehead atoms. The third-order valence-electron chi connectivity index (χ3n) is 14.8. The first-order valence-corrected chi connectivity index (χ1v) is 24.5. The van der Waals surface area contributed by atoms with Gasteiger partial charge in [-0.3, -0.25) is 19.6 Å². The van der Waals surface area contributed by atoms with Gasteiger partial charge in [-0.25, -0.2) is 0 Å². The molecule has 0 aromatic heterocycles. The van der Waals surface area contributed by atoms with E-state index >= 15 is 0 Å². The van der Waals surface area contributed by atoms with Crippen LogP contribution in [0.5, 0.6) is 11.5 Å². The largest absolute Gasteiger partial charge is 0.704 e. The number of rotatable bonds is 10. The third kappa shape index (κ3) is 7.74. The number of hydrogen-bond donors (Lipinski definition) is 0. The van der Waals surface area contributed by atoms with E-state index in [1.54, 1.807) is 0 Å². The third-order valence-corrected chi connectivity index (χ3v) is 14.8. The topological polar surface area (TPSA) is 96.3 Å². The van der Waals surface area contributed by atoms with Crippen LogP contribution in [0.2, 0.25) is 0 Å². The minimum atomic E-state index is -1.37. The molecule has 0 radical (unpaired) electrons. The molecule has 12 heteroatoms. The Hall–Kier alpha value is -4.74.